The third kappa shape index (κ3) is 4.05. The van der Waals surface area contributed by atoms with Crippen LogP contribution in [0.2, 0.25) is 0 Å². The zero-order valence-electron chi connectivity index (χ0n) is 13.5. The Morgan fingerprint density at radius 2 is 2.05 bits per heavy atom. The van der Waals surface area contributed by atoms with Crippen molar-refractivity contribution in [1.82, 2.24) is 10.1 Å². The number of hydrogen-bond donors (Lipinski definition) is 0. The van der Waals surface area contributed by atoms with Crippen LogP contribution in [0, 0.1) is 5.92 Å². The average Bonchev–Trinajstić information content (AvgIpc) is 2.98. The van der Waals surface area contributed by atoms with Crippen molar-refractivity contribution in [2.45, 2.75) is 71.6 Å². The molecular weight excluding hydrogens is 266 g/mol. The van der Waals surface area contributed by atoms with Gasteiger partial charge in [0.1, 0.15) is 0 Å². The van der Waals surface area contributed by atoms with Gasteiger partial charge in [-0.1, -0.05) is 51.6 Å². The van der Waals surface area contributed by atoms with Crippen LogP contribution in [0.15, 0.2) is 4.52 Å². The van der Waals surface area contributed by atoms with E-state index in [1.165, 1.54) is 19.3 Å². The summed E-state index contributed by atoms with van der Waals surface area (Å²) in [7, 11) is 0. The summed E-state index contributed by atoms with van der Waals surface area (Å²) in [5.74, 6) is 1.18. The SMILES string of the molecule is CCCCN(C(=O)C(C)C)c1nc(C2CCCCC2)no1. The van der Waals surface area contributed by atoms with Gasteiger partial charge in [-0.05, 0) is 19.3 Å². The van der Waals surface area contributed by atoms with E-state index in [9.17, 15) is 4.79 Å². The molecule has 0 atom stereocenters. The Bertz CT molecular complexity index is 450. The molecule has 1 aromatic heterocycles. The van der Waals surface area contributed by atoms with Crippen LogP contribution in [0.1, 0.15) is 77.5 Å². The Morgan fingerprint density at radius 3 is 2.67 bits per heavy atom. The number of nitrogens with zero attached hydrogens (tertiary/aromatic N) is 3. The fourth-order valence-electron chi connectivity index (χ4n) is 2.79. The summed E-state index contributed by atoms with van der Waals surface area (Å²) in [6.07, 6.45) is 8.01. The van der Waals surface area contributed by atoms with E-state index in [2.05, 4.69) is 17.1 Å². The van der Waals surface area contributed by atoms with Gasteiger partial charge in [-0.2, -0.15) is 4.98 Å². The zero-order chi connectivity index (χ0) is 15.2. The molecule has 1 aromatic rings. The Morgan fingerprint density at radius 1 is 1.33 bits per heavy atom. The first kappa shape index (κ1) is 16.0. The van der Waals surface area contributed by atoms with Gasteiger partial charge in [-0.3, -0.25) is 9.69 Å². The summed E-state index contributed by atoms with van der Waals surface area (Å²) in [5, 5.41) is 4.13. The van der Waals surface area contributed by atoms with Crippen molar-refractivity contribution in [1.29, 1.82) is 0 Å². The second kappa shape index (κ2) is 7.57. The smallest absolute Gasteiger partial charge is 0.315 e. The van der Waals surface area contributed by atoms with Crippen LogP contribution >= 0.6 is 0 Å². The van der Waals surface area contributed by atoms with E-state index in [1.54, 1.807) is 4.90 Å². The van der Waals surface area contributed by atoms with Gasteiger partial charge in [0.05, 0.1) is 0 Å². The Kier molecular flexibility index (Phi) is 5.76. The zero-order valence-corrected chi connectivity index (χ0v) is 13.5. The summed E-state index contributed by atoms with van der Waals surface area (Å²) >= 11 is 0. The fourth-order valence-corrected chi connectivity index (χ4v) is 2.79. The number of rotatable bonds is 6. The van der Waals surface area contributed by atoms with Gasteiger partial charge >= 0.3 is 6.01 Å². The largest absolute Gasteiger partial charge is 0.330 e. The number of carbonyl (C=O) groups is 1. The monoisotopic (exact) mass is 293 g/mol. The van der Waals surface area contributed by atoms with Gasteiger partial charge < -0.3 is 4.52 Å². The van der Waals surface area contributed by atoms with Crippen LogP contribution in [0.4, 0.5) is 6.01 Å². The second-order valence-electron chi connectivity index (χ2n) is 6.27. The van der Waals surface area contributed by atoms with E-state index >= 15 is 0 Å². The van der Waals surface area contributed by atoms with Gasteiger partial charge in [0.25, 0.3) is 0 Å². The highest BCUT2D eigenvalue weighted by atomic mass is 16.5. The molecule has 1 aliphatic rings. The van der Waals surface area contributed by atoms with Crippen LogP contribution in [0.5, 0.6) is 0 Å². The van der Waals surface area contributed by atoms with Crippen molar-refractivity contribution in [3.05, 3.63) is 5.82 Å². The Labute approximate surface area is 127 Å². The number of anilines is 1. The molecule has 0 unspecified atom stereocenters. The molecule has 0 spiro atoms. The first-order chi connectivity index (χ1) is 10.1. The van der Waals surface area contributed by atoms with Crippen molar-refractivity contribution >= 4 is 11.9 Å². The molecule has 118 valence electrons. The molecule has 1 saturated carbocycles. The third-order valence-corrected chi connectivity index (χ3v) is 4.13. The Hall–Kier alpha value is -1.39. The van der Waals surface area contributed by atoms with Crippen molar-refractivity contribution in [3.8, 4) is 0 Å². The summed E-state index contributed by atoms with van der Waals surface area (Å²) < 4.78 is 5.39. The van der Waals surface area contributed by atoms with Crippen LogP contribution in [-0.4, -0.2) is 22.6 Å². The number of carbonyl (C=O) groups excluding carboxylic acids is 1. The highest BCUT2D eigenvalue weighted by Gasteiger charge is 2.26. The summed E-state index contributed by atoms with van der Waals surface area (Å²) in [6.45, 7) is 6.57. The van der Waals surface area contributed by atoms with Crippen molar-refractivity contribution in [3.63, 3.8) is 0 Å². The topological polar surface area (TPSA) is 59.2 Å². The lowest BCUT2D eigenvalue weighted by Gasteiger charge is -2.20. The van der Waals surface area contributed by atoms with Gasteiger partial charge in [-0.25, -0.2) is 0 Å². The first-order valence-electron chi connectivity index (χ1n) is 8.28. The minimum Gasteiger partial charge on any atom is -0.315 e. The van der Waals surface area contributed by atoms with Gasteiger partial charge in [0.15, 0.2) is 5.82 Å². The molecule has 0 radical (unpaired) electrons. The molecule has 5 nitrogen and oxygen atoms in total. The maximum absolute atomic E-state index is 12.3. The summed E-state index contributed by atoms with van der Waals surface area (Å²) in [6, 6.07) is 0.378. The van der Waals surface area contributed by atoms with Gasteiger partial charge in [0.2, 0.25) is 5.91 Å². The van der Waals surface area contributed by atoms with Crippen molar-refractivity contribution in [2.75, 3.05) is 11.4 Å². The highest BCUT2D eigenvalue weighted by Crippen LogP contribution is 2.31. The summed E-state index contributed by atoms with van der Waals surface area (Å²) in [5.41, 5.74) is 0. The van der Waals surface area contributed by atoms with E-state index in [-0.39, 0.29) is 11.8 Å². The van der Waals surface area contributed by atoms with Crippen LogP contribution < -0.4 is 4.90 Å². The van der Waals surface area contributed by atoms with Crippen LogP contribution in [0.3, 0.4) is 0 Å². The van der Waals surface area contributed by atoms with E-state index in [0.717, 1.165) is 31.5 Å². The minimum atomic E-state index is -0.0631. The quantitative estimate of drug-likeness (QED) is 0.798. The third-order valence-electron chi connectivity index (χ3n) is 4.13. The van der Waals surface area contributed by atoms with E-state index in [4.69, 9.17) is 4.52 Å². The second-order valence-corrected chi connectivity index (χ2v) is 6.27. The van der Waals surface area contributed by atoms with Gasteiger partial charge in [0, 0.05) is 18.4 Å². The number of unbranched alkanes of at least 4 members (excludes halogenated alkanes) is 1. The molecule has 0 saturated heterocycles. The Balaban J connectivity index is 2.12. The molecule has 0 aliphatic heterocycles. The highest BCUT2D eigenvalue weighted by molar-refractivity contribution is 5.92. The fraction of sp³-hybridized carbons (Fsp3) is 0.812. The maximum Gasteiger partial charge on any atom is 0.330 e. The summed E-state index contributed by atoms with van der Waals surface area (Å²) in [4.78, 5) is 18.5. The first-order valence-corrected chi connectivity index (χ1v) is 8.28. The predicted molar refractivity (Wildman–Crippen MR) is 82.2 cm³/mol. The lowest BCUT2D eigenvalue weighted by molar-refractivity contribution is -0.121. The molecule has 1 aliphatic carbocycles. The normalized spacial score (nSPS) is 16.4. The molecule has 0 aromatic carbocycles. The van der Waals surface area contributed by atoms with Crippen LogP contribution in [0.25, 0.3) is 0 Å². The van der Waals surface area contributed by atoms with Gasteiger partial charge in [-0.15, -0.1) is 0 Å². The molecule has 21 heavy (non-hydrogen) atoms. The van der Waals surface area contributed by atoms with E-state index in [1.807, 2.05) is 13.8 Å². The van der Waals surface area contributed by atoms with E-state index < -0.39 is 0 Å². The lowest BCUT2D eigenvalue weighted by Crippen LogP contribution is -2.35. The van der Waals surface area contributed by atoms with Crippen LogP contribution in [-0.2, 0) is 4.79 Å². The van der Waals surface area contributed by atoms with E-state index in [0.29, 0.717) is 18.5 Å². The molecule has 0 N–H and O–H groups in total. The molecule has 5 heteroatoms. The molecule has 1 heterocycles. The number of hydrogen-bond acceptors (Lipinski definition) is 4. The van der Waals surface area contributed by atoms with Crippen molar-refractivity contribution < 1.29 is 9.32 Å². The predicted octanol–water partition coefficient (Wildman–Crippen LogP) is 3.91. The average molecular weight is 293 g/mol. The minimum absolute atomic E-state index is 0.0577. The lowest BCUT2D eigenvalue weighted by atomic mass is 9.89. The molecule has 1 amide bonds. The molecule has 1 fully saturated rings. The van der Waals surface area contributed by atoms with Crippen molar-refractivity contribution in [2.24, 2.45) is 5.92 Å². The number of aromatic nitrogens is 2. The maximum atomic E-state index is 12.3. The molecular formula is C16H27N3O2. The molecule has 2 rings (SSSR count). The molecule has 0 bridgehead atoms. The standard InChI is InChI=1S/C16H27N3O2/c1-4-5-11-19(15(20)12(2)3)16-17-14(18-21-16)13-9-7-6-8-10-13/h12-13H,4-11H2,1-3H3. The number of amides is 1.